The Morgan fingerprint density at radius 3 is 2.43 bits per heavy atom. The molecule has 0 unspecified atom stereocenters. The largest absolute Gasteiger partial charge is 0.383 e. The van der Waals surface area contributed by atoms with E-state index in [4.69, 9.17) is 4.74 Å². The van der Waals surface area contributed by atoms with Gasteiger partial charge in [-0.3, -0.25) is 0 Å². The van der Waals surface area contributed by atoms with Crippen LogP contribution >= 0.6 is 0 Å². The van der Waals surface area contributed by atoms with Crippen LogP contribution in [0, 0.1) is 0 Å². The third-order valence-corrected chi connectivity index (χ3v) is 4.08. The van der Waals surface area contributed by atoms with Crippen LogP contribution in [0.2, 0.25) is 0 Å². The molecule has 0 aliphatic rings. The maximum Gasteiger partial charge on any atom is 0.216 e. The van der Waals surface area contributed by atoms with Gasteiger partial charge in [0.25, 0.3) is 0 Å². The molecule has 0 radical (unpaired) electrons. The second-order valence-corrected chi connectivity index (χ2v) is 5.72. The van der Waals surface area contributed by atoms with Crippen LogP contribution < -0.4 is 0 Å². The molecule has 0 atom stereocenters. The first-order chi connectivity index (χ1) is 6.46. The average molecular weight is 221 g/mol. The van der Waals surface area contributed by atoms with E-state index >= 15 is 0 Å². The molecule has 0 N–H and O–H groups in total. The fourth-order valence-electron chi connectivity index (χ4n) is 0.958. The van der Waals surface area contributed by atoms with Gasteiger partial charge in [0.2, 0.25) is 10.0 Å². The monoisotopic (exact) mass is 221 g/mol. The lowest BCUT2D eigenvalue weighted by Gasteiger charge is -2.22. The van der Waals surface area contributed by atoms with E-state index in [-0.39, 0.29) is 0 Å². The van der Waals surface area contributed by atoms with E-state index in [0.717, 1.165) is 0 Å². The van der Waals surface area contributed by atoms with E-state index in [0.29, 0.717) is 19.7 Å². The smallest absolute Gasteiger partial charge is 0.216 e. The van der Waals surface area contributed by atoms with Crippen molar-refractivity contribution < 1.29 is 13.2 Å². The molecule has 0 spiro atoms. The zero-order chi connectivity index (χ0) is 11.2. The molecule has 0 saturated carbocycles. The van der Waals surface area contributed by atoms with Gasteiger partial charge in [-0.15, -0.1) is 6.58 Å². The van der Waals surface area contributed by atoms with Crippen LogP contribution in [0.5, 0.6) is 0 Å². The van der Waals surface area contributed by atoms with Gasteiger partial charge in [0, 0.05) is 20.2 Å². The second kappa shape index (κ2) is 6.16. The van der Waals surface area contributed by atoms with Crippen molar-refractivity contribution in [2.24, 2.45) is 0 Å². The maximum atomic E-state index is 11.7. The van der Waals surface area contributed by atoms with Crippen LogP contribution in [0.15, 0.2) is 12.7 Å². The van der Waals surface area contributed by atoms with Crippen molar-refractivity contribution in [3.8, 4) is 0 Å². The number of rotatable bonds is 7. The fraction of sp³-hybridized carbons (Fsp3) is 0.778. The molecule has 0 amide bonds. The highest BCUT2D eigenvalue weighted by molar-refractivity contribution is 7.89. The first kappa shape index (κ1) is 13.6. The molecule has 0 aromatic carbocycles. The summed E-state index contributed by atoms with van der Waals surface area (Å²) in [6.07, 6.45) is 1.58. The molecule has 0 bridgehead atoms. The minimum atomic E-state index is -3.19. The minimum Gasteiger partial charge on any atom is -0.383 e. The molecule has 0 saturated heterocycles. The predicted molar refractivity (Wildman–Crippen MR) is 57.7 cm³/mol. The summed E-state index contributed by atoms with van der Waals surface area (Å²) in [7, 11) is -1.64. The van der Waals surface area contributed by atoms with Gasteiger partial charge in [-0.25, -0.2) is 8.42 Å². The summed E-state index contributed by atoms with van der Waals surface area (Å²) in [6, 6.07) is 0. The summed E-state index contributed by atoms with van der Waals surface area (Å²) in [4.78, 5) is 0. The van der Waals surface area contributed by atoms with Crippen molar-refractivity contribution in [3.05, 3.63) is 12.7 Å². The molecule has 0 aromatic rings. The van der Waals surface area contributed by atoms with Crippen molar-refractivity contribution >= 4 is 10.0 Å². The Bertz CT molecular complexity index is 259. The van der Waals surface area contributed by atoms with Gasteiger partial charge in [-0.05, 0) is 13.8 Å². The second-order valence-electron chi connectivity index (χ2n) is 3.23. The Morgan fingerprint density at radius 2 is 2.07 bits per heavy atom. The van der Waals surface area contributed by atoms with Gasteiger partial charge < -0.3 is 4.74 Å². The van der Waals surface area contributed by atoms with E-state index in [9.17, 15) is 8.42 Å². The van der Waals surface area contributed by atoms with Gasteiger partial charge in [0.1, 0.15) is 0 Å². The molecule has 5 heteroatoms. The number of hydrogen-bond donors (Lipinski definition) is 0. The van der Waals surface area contributed by atoms with Gasteiger partial charge in [-0.2, -0.15) is 4.31 Å². The van der Waals surface area contributed by atoms with Crippen molar-refractivity contribution in [2.75, 3.05) is 26.8 Å². The van der Waals surface area contributed by atoms with Crippen molar-refractivity contribution in [3.63, 3.8) is 0 Å². The molecule has 0 fully saturated rings. The van der Waals surface area contributed by atoms with Crippen LogP contribution in [0.25, 0.3) is 0 Å². The van der Waals surface area contributed by atoms with Crippen LogP contribution in [0.1, 0.15) is 13.8 Å². The number of hydrogen-bond acceptors (Lipinski definition) is 3. The molecule has 0 aromatic heterocycles. The molecular weight excluding hydrogens is 202 g/mol. The van der Waals surface area contributed by atoms with Crippen LogP contribution in [0.4, 0.5) is 0 Å². The number of sulfonamides is 1. The molecule has 84 valence electrons. The van der Waals surface area contributed by atoms with E-state index < -0.39 is 15.3 Å². The lowest BCUT2D eigenvalue weighted by atomic mass is 10.6. The molecular formula is C9H19NO3S. The van der Waals surface area contributed by atoms with Gasteiger partial charge in [0.05, 0.1) is 11.9 Å². The van der Waals surface area contributed by atoms with Crippen molar-refractivity contribution in [2.45, 2.75) is 19.1 Å². The van der Waals surface area contributed by atoms with Crippen molar-refractivity contribution in [1.29, 1.82) is 0 Å². The van der Waals surface area contributed by atoms with Gasteiger partial charge in [-0.1, -0.05) is 6.08 Å². The van der Waals surface area contributed by atoms with E-state index in [1.54, 1.807) is 27.0 Å². The highest BCUT2D eigenvalue weighted by Gasteiger charge is 2.23. The zero-order valence-corrected chi connectivity index (χ0v) is 9.88. The number of ether oxygens (including phenoxy) is 1. The number of methoxy groups -OCH3 is 1. The Kier molecular flexibility index (Phi) is 5.99. The van der Waals surface area contributed by atoms with Crippen molar-refractivity contribution in [1.82, 2.24) is 4.31 Å². The highest BCUT2D eigenvalue weighted by atomic mass is 32.2. The SMILES string of the molecule is C=CCN(CCOC)S(=O)(=O)C(C)C. The van der Waals surface area contributed by atoms with Gasteiger partial charge in [0.15, 0.2) is 0 Å². The molecule has 4 nitrogen and oxygen atoms in total. The summed E-state index contributed by atoms with van der Waals surface area (Å²) < 4.78 is 29.7. The number of nitrogens with zero attached hydrogens (tertiary/aromatic N) is 1. The quantitative estimate of drug-likeness (QED) is 0.599. The van der Waals surface area contributed by atoms with Gasteiger partial charge >= 0.3 is 0 Å². The van der Waals surface area contributed by atoms with E-state index in [1.165, 1.54) is 4.31 Å². The van der Waals surface area contributed by atoms with E-state index in [2.05, 4.69) is 6.58 Å². The first-order valence-corrected chi connectivity index (χ1v) is 6.06. The Hall–Kier alpha value is -0.390. The molecule has 0 aliphatic carbocycles. The third-order valence-electron chi connectivity index (χ3n) is 1.83. The van der Waals surface area contributed by atoms with Crippen LogP contribution in [0.3, 0.4) is 0 Å². The van der Waals surface area contributed by atoms with Crippen LogP contribution in [-0.4, -0.2) is 44.8 Å². The van der Waals surface area contributed by atoms with E-state index in [1.807, 2.05) is 0 Å². The lowest BCUT2D eigenvalue weighted by molar-refractivity contribution is 0.181. The fourth-order valence-corrected chi connectivity index (χ4v) is 2.20. The molecule has 0 aliphatic heterocycles. The topological polar surface area (TPSA) is 46.6 Å². The zero-order valence-electron chi connectivity index (χ0n) is 9.06. The maximum absolute atomic E-state index is 11.7. The molecule has 0 heterocycles. The predicted octanol–water partition coefficient (Wildman–Crippen LogP) is 0.859. The summed E-state index contributed by atoms with van der Waals surface area (Å²) in [5.74, 6) is 0. The highest BCUT2D eigenvalue weighted by Crippen LogP contribution is 2.07. The summed E-state index contributed by atoms with van der Waals surface area (Å²) in [5, 5.41) is -0.403. The standard InChI is InChI=1S/C9H19NO3S/c1-5-6-10(7-8-13-4)14(11,12)9(2)3/h5,9H,1,6-8H2,2-4H3. The third kappa shape index (κ3) is 3.77. The van der Waals surface area contributed by atoms with Crippen LogP contribution in [-0.2, 0) is 14.8 Å². The Balaban J connectivity index is 4.55. The minimum absolute atomic E-state index is 0.337. The Morgan fingerprint density at radius 1 is 1.50 bits per heavy atom. The summed E-state index contributed by atoms with van der Waals surface area (Å²) in [6.45, 7) is 7.98. The molecule has 14 heavy (non-hydrogen) atoms. The lowest BCUT2D eigenvalue weighted by Crippen LogP contribution is -2.38. The first-order valence-electron chi connectivity index (χ1n) is 4.55. The average Bonchev–Trinajstić information content (AvgIpc) is 2.11. The normalized spacial score (nSPS) is 12.4. The molecule has 0 rings (SSSR count). The Labute approximate surface area is 86.6 Å². The summed E-state index contributed by atoms with van der Waals surface area (Å²) >= 11 is 0. The summed E-state index contributed by atoms with van der Waals surface area (Å²) in [5.41, 5.74) is 0.